The first kappa shape index (κ1) is 7.38. The predicted octanol–water partition coefficient (Wildman–Crippen LogP) is 0.0927. The minimum absolute atomic E-state index is 0.128. The summed E-state index contributed by atoms with van der Waals surface area (Å²) >= 11 is 1.81. The zero-order chi connectivity index (χ0) is 6.69. The van der Waals surface area contributed by atoms with Gasteiger partial charge in [-0.1, -0.05) is 0 Å². The molecule has 0 spiro atoms. The molecule has 0 saturated carbocycles. The number of aliphatic hydroxyl groups excluding tert-OH is 2. The zero-order valence-corrected chi connectivity index (χ0v) is 6.10. The second-order valence-electron chi connectivity index (χ2n) is 2.37. The third-order valence-electron chi connectivity index (χ3n) is 1.67. The van der Waals surface area contributed by atoms with Gasteiger partial charge in [0.15, 0.2) is 0 Å². The lowest BCUT2D eigenvalue weighted by Gasteiger charge is -2.24. The number of hydrogen-bond donors (Lipinski definition) is 2. The Balaban J connectivity index is 2.30. The first-order valence-corrected chi connectivity index (χ1v) is 4.36. The molecule has 9 heavy (non-hydrogen) atoms. The minimum atomic E-state index is -0.253. The van der Waals surface area contributed by atoms with Crippen molar-refractivity contribution in [3.63, 3.8) is 0 Å². The topological polar surface area (TPSA) is 40.5 Å². The summed E-state index contributed by atoms with van der Waals surface area (Å²) in [4.78, 5) is 0. The van der Waals surface area contributed by atoms with Gasteiger partial charge in [-0.3, -0.25) is 0 Å². The van der Waals surface area contributed by atoms with Crippen molar-refractivity contribution < 1.29 is 10.2 Å². The molecule has 1 heterocycles. The van der Waals surface area contributed by atoms with Gasteiger partial charge in [0.25, 0.3) is 0 Å². The van der Waals surface area contributed by atoms with E-state index in [9.17, 15) is 5.11 Å². The van der Waals surface area contributed by atoms with Crippen molar-refractivity contribution in [2.75, 3.05) is 18.1 Å². The van der Waals surface area contributed by atoms with E-state index in [2.05, 4.69) is 0 Å². The monoisotopic (exact) mass is 148 g/mol. The number of rotatable bonds is 1. The van der Waals surface area contributed by atoms with Crippen LogP contribution >= 0.6 is 11.8 Å². The predicted molar refractivity (Wildman–Crippen MR) is 38.5 cm³/mol. The third-order valence-corrected chi connectivity index (χ3v) is 2.86. The summed E-state index contributed by atoms with van der Waals surface area (Å²) in [6.45, 7) is 0.133. The molecule has 1 aliphatic heterocycles. The molecule has 2 N–H and O–H groups in total. The highest BCUT2D eigenvalue weighted by atomic mass is 32.2. The molecular formula is C6H12O2S. The Labute approximate surface area is 59.3 Å². The van der Waals surface area contributed by atoms with Crippen LogP contribution < -0.4 is 0 Å². The van der Waals surface area contributed by atoms with Crippen molar-refractivity contribution in [2.45, 2.75) is 12.5 Å². The van der Waals surface area contributed by atoms with E-state index in [4.69, 9.17) is 5.11 Å². The highest BCUT2D eigenvalue weighted by molar-refractivity contribution is 7.99. The van der Waals surface area contributed by atoms with Gasteiger partial charge in [0.2, 0.25) is 0 Å². The molecule has 1 saturated heterocycles. The number of hydrogen-bond acceptors (Lipinski definition) is 3. The van der Waals surface area contributed by atoms with Crippen LogP contribution in [0.5, 0.6) is 0 Å². The molecule has 1 fully saturated rings. The van der Waals surface area contributed by atoms with Crippen molar-refractivity contribution in [2.24, 2.45) is 5.92 Å². The standard InChI is InChI=1S/C6H12O2S/c7-3-5-4-9-2-1-6(5)8/h5-8H,1-4H2/t5-,6+/m1/s1. The van der Waals surface area contributed by atoms with Gasteiger partial charge in [-0.2, -0.15) is 11.8 Å². The SMILES string of the molecule is OC[C@@H]1CSCC[C@@H]1O. The van der Waals surface area contributed by atoms with Gasteiger partial charge < -0.3 is 10.2 Å². The first-order chi connectivity index (χ1) is 4.34. The maximum atomic E-state index is 9.20. The Hall–Kier alpha value is 0.270. The molecule has 1 rings (SSSR count). The van der Waals surface area contributed by atoms with E-state index in [-0.39, 0.29) is 18.6 Å². The molecule has 0 bridgehead atoms. The van der Waals surface area contributed by atoms with E-state index < -0.39 is 0 Å². The molecule has 0 amide bonds. The smallest absolute Gasteiger partial charge is 0.0606 e. The molecule has 0 aromatic heterocycles. The second kappa shape index (κ2) is 3.44. The Kier molecular flexibility index (Phi) is 2.82. The average molecular weight is 148 g/mol. The molecule has 0 unspecified atom stereocenters. The highest BCUT2D eigenvalue weighted by Crippen LogP contribution is 2.22. The summed E-state index contributed by atoms with van der Waals surface area (Å²) in [5.74, 6) is 2.08. The highest BCUT2D eigenvalue weighted by Gasteiger charge is 2.21. The van der Waals surface area contributed by atoms with Crippen LogP contribution in [0.2, 0.25) is 0 Å². The molecular weight excluding hydrogens is 136 g/mol. The summed E-state index contributed by atoms with van der Waals surface area (Å²) in [6, 6.07) is 0. The van der Waals surface area contributed by atoms with E-state index in [1.165, 1.54) is 0 Å². The summed E-state index contributed by atoms with van der Waals surface area (Å²) < 4.78 is 0. The van der Waals surface area contributed by atoms with Crippen LogP contribution in [0.25, 0.3) is 0 Å². The molecule has 0 aliphatic carbocycles. The van der Waals surface area contributed by atoms with Crippen LogP contribution in [0, 0.1) is 5.92 Å². The van der Waals surface area contributed by atoms with Crippen LogP contribution in [0.4, 0.5) is 0 Å². The number of aliphatic hydroxyl groups is 2. The van der Waals surface area contributed by atoms with Gasteiger partial charge in [-0.15, -0.1) is 0 Å². The van der Waals surface area contributed by atoms with Crippen LogP contribution in [0.3, 0.4) is 0 Å². The normalized spacial score (nSPS) is 36.7. The van der Waals surface area contributed by atoms with Crippen LogP contribution in [-0.2, 0) is 0 Å². The second-order valence-corrected chi connectivity index (χ2v) is 3.52. The molecule has 0 radical (unpaired) electrons. The van der Waals surface area contributed by atoms with Crippen molar-refractivity contribution in [3.05, 3.63) is 0 Å². The lowest BCUT2D eigenvalue weighted by atomic mass is 10.0. The fraction of sp³-hybridized carbons (Fsp3) is 1.00. The van der Waals surface area contributed by atoms with E-state index in [0.29, 0.717) is 0 Å². The van der Waals surface area contributed by atoms with Gasteiger partial charge in [-0.25, -0.2) is 0 Å². The Morgan fingerprint density at radius 2 is 2.33 bits per heavy atom. The fourth-order valence-electron chi connectivity index (χ4n) is 0.960. The number of thioether (sulfide) groups is 1. The Morgan fingerprint density at radius 3 is 2.78 bits per heavy atom. The van der Waals surface area contributed by atoms with Gasteiger partial charge in [0.05, 0.1) is 6.10 Å². The largest absolute Gasteiger partial charge is 0.396 e. The van der Waals surface area contributed by atoms with E-state index in [0.717, 1.165) is 17.9 Å². The van der Waals surface area contributed by atoms with Crippen molar-refractivity contribution in [1.82, 2.24) is 0 Å². The molecule has 0 aromatic rings. The van der Waals surface area contributed by atoms with Gasteiger partial charge >= 0.3 is 0 Å². The summed E-state index contributed by atoms with van der Waals surface area (Å²) in [6.07, 6.45) is 0.590. The van der Waals surface area contributed by atoms with Crippen molar-refractivity contribution in [3.8, 4) is 0 Å². The Bertz CT molecular complexity index is 87.1. The van der Waals surface area contributed by atoms with Gasteiger partial charge in [0.1, 0.15) is 0 Å². The summed E-state index contributed by atoms with van der Waals surface area (Å²) in [7, 11) is 0. The Morgan fingerprint density at radius 1 is 1.56 bits per heavy atom. The van der Waals surface area contributed by atoms with Crippen LogP contribution in [0.1, 0.15) is 6.42 Å². The first-order valence-electron chi connectivity index (χ1n) is 3.21. The van der Waals surface area contributed by atoms with Crippen LogP contribution in [-0.4, -0.2) is 34.4 Å². The molecule has 1 aliphatic rings. The summed E-state index contributed by atoms with van der Waals surface area (Å²) in [5, 5.41) is 17.9. The molecule has 3 heteroatoms. The molecule has 2 nitrogen and oxygen atoms in total. The van der Waals surface area contributed by atoms with E-state index in [1.807, 2.05) is 11.8 Å². The molecule has 0 aromatic carbocycles. The summed E-state index contributed by atoms with van der Waals surface area (Å²) in [5.41, 5.74) is 0. The van der Waals surface area contributed by atoms with Crippen molar-refractivity contribution in [1.29, 1.82) is 0 Å². The van der Waals surface area contributed by atoms with Crippen molar-refractivity contribution >= 4 is 11.8 Å². The van der Waals surface area contributed by atoms with E-state index in [1.54, 1.807) is 0 Å². The maximum absolute atomic E-state index is 9.20. The van der Waals surface area contributed by atoms with Gasteiger partial charge in [0, 0.05) is 18.3 Å². The van der Waals surface area contributed by atoms with E-state index >= 15 is 0 Å². The maximum Gasteiger partial charge on any atom is 0.0606 e. The average Bonchev–Trinajstić information content (AvgIpc) is 1.89. The lowest BCUT2D eigenvalue weighted by molar-refractivity contribution is 0.0744. The van der Waals surface area contributed by atoms with Gasteiger partial charge in [-0.05, 0) is 12.2 Å². The fourth-order valence-corrected chi connectivity index (χ4v) is 2.17. The van der Waals surface area contributed by atoms with Crippen LogP contribution in [0.15, 0.2) is 0 Å². The molecule has 2 atom stereocenters. The lowest BCUT2D eigenvalue weighted by Crippen LogP contribution is -2.30. The molecule has 54 valence electrons. The quantitative estimate of drug-likeness (QED) is 0.554. The zero-order valence-electron chi connectivity index (χ0n) is 5.29. The third kappa shape index (κ3) is 1.85. The minimum Gasteiger partial charge on any atom is -0.396 e.